The average molecular weight is 210 g/mol. The van der Waals surface area contributed by atoms with Crippen molar-refractivity contribution >= 4 is 5.97 Å². The minimum Gasteiger partial charge on any atom is -0.490 e. The molecule has 0 saturated heterocycles. The Hall–Kier alpha value is -1.91. The molecule has 0 unspecified atom stereocenters. The van der Waals surface area contributed by atoms with E-state index in [4.69, 9.17) is 19.3 Å². The maximum atomic E-state index is 10.8. The third kappa shape index (κ3) is 1.68. The van der Waals surface area contributed by atoms with Crippen LogP contribution >= 0.6 is 0 Å². The smallest absolute Gasteiger partial charge is 0.335 e. The van der Waals surface area contributed by atoms with Gasteiger partial charge < -0.3 is 19.3 Å². The topological polar surface area (TPSA) is 65.0 Å². The van der Waals surface area contributed by atoms with Crippen LogP contribution in [0.3, 0.4) is 0 Å². The van der Waals surface area contributed by atoms with Crippen LogP contribution < -0.4 is 14.2 Å². The van der Waals surface area contributed by atoms with Gasteiger partial charge in [0.15, 0.2) is 11.5 Å². The number of carbonyl (C=O) groups is 1. The predicted octanol–water partition coefficient (Wildman–Crippen LogP) is 1.51. The van der Waals surface area contributed by atoms with E-state index >= 15 is 0 Å². The lowest BCUT2D eigenvalue weighted by Gasteiger charge is -2.07. The first-order chi connectivity index (χ1) is 7.22. The van der Waals surface area contributed by atoms with Crippen molar-refractivity contribution in [1.29, 1.82) is 0 Å². The molecule has 1 aromatic carbocycles. The number of carboxylic acid groups (broad SMARTS) is 1. The van der Waals surface area contributed by atoms with Crippen molar-refractivity contribution in [3.63, 3.8) is 0 Å². The molecular weight excluding hydrogens is 200 g/mol. The molecule has 0 spiro atoms. The van der Waals surface area contributed by atoms with Gasteiger partial charge in [0.1, 0.15) is 0 Å². The quantitative estimate of drug-likeness (QED) is 0.819. The number of ether oxygens (including phenoxy) is 3. The zero-order chi connectivity index (χ0) is 10.8. The van der Waals surface area contributed by atoms with Gasteiger partial charge in [0.05, 0.1) is 12.2 Å². The van der Waals surface area contributed by atoms with Crippen LogP contribution in [0, 0.1) is 0 Å². The Morgan fingerprint density at radius 3 is 3.00 bits per heavy atom. The summed E-state index contributed by atoms with van der Waals surface area (Å²) in [6.45, 7) is 2.35. The molecule has 0 bridgehead atoms. The molecule has 5 heteroatoms. The summed E-state index contributed by atoms with van der Waals surface area (Å²) in [6.07, 6.45) is 0. The molecule has 0 saturated carbocycles. The van der Waals surface area contributed by atoms with E-state index in [1.165, 1.54) is 12.1 Å². The zero-order valence-electron chi connectivity index (χ0n) is 8.15. The molecule has 15 heavy (non-hydrogen) atoms. The molecule has 0 fully saturated rings. The Kier molecular flexibility index (Phi) is 2.37. The number of hydrogen-bond donors (Lipinski definition) is 1. The number of aromatic carboxylic acids is 1. The van der Waals surface area contributed by atoms with E-state index < -0.39 is 5.97 Å². The second-order valence-electron chi connectivity index (χ2n) is 2.95. The summed E-state index contributed by atoms with van der Waals surface area (Å²) in [4.78, 5) is 10.8. The Balaban J connectivity index is 2.47. The van der Waals surface area contributed by atoms with E-state index in [1.807, 2.05) is 6.92 Å². The fourth-order valence-corrected chi connectivity index (χ4v) is 1.36. The monoisotopic (exact) mass is 210 g/mol. The Morgan fingerprint density at radius 2 is 2.33 bits per heavy atom. The normalized spacial score (nSPS) is 12.6. The van der Waals surface area contributed by atoms with E-state index in [2.05, 4.69) is 0 Å². The van der Waals surface area contributed by atoms with Gasteiger partial charge in [-0.3, -0.25) is 0 Å². The Morgan fingerprint density at radius 1 is 1.53 bits per heavy atom. The molecule has 0 aliphatic carbocycles. The summed E-state index contributed by atoms with van der Waals surface area (Å²) >= 11 is 0. The van der Waals surface area contributed by atoms with Crippen LogP contribution in [0.1, 0.15) is 17.3 Å². The standard InChI is InChI=1S/C10H10O5/c1-2-13-7-3-6(10(11)12)4-8-9(7)15-5-14-8/h3-4H,2,5H2,1H3,(H,11,12). The predicted molar refractivity (Wildman–Crippen MR) is 50.7 cm³/mol. The van der Waals surface area contributed by atoms with Crippen molar-refractivity contribution in [1.82, 2.24) is 0 Å². The summed E-state index contributed by atoms with van der Waals surface area (Å²) in [7, 11) is 0. The fraction of sp³-hybridized carbons (Fsp3) is 0.300. The lowest BCUT2D eigenvalue weighted by molar-refractivity contribution is 0.0696. The third-order valence-corrected chi connectivity index (χ3v) is 1.99. The molecule has 80 valence electrons. The molecule has 1 heterocycles. The van der Waals surface area contributed by atoms with E-state index in [-0.39, 0.29) is 12.4 Å². The van der Waals surface area contributed by atoms with Crippen LogP contribution in [0.2, 0.25) is 0 Å². The van der Waals surface area contributed by atoms with Gasteiger partial charge >= 0.3 is 5.97 Å². The molecule has 0 aromatic heterocycles. The van der Waals surface area contributed by atoms with Crippen LogP contribution in [0.5, 0.6) is 17.2 Å². The second kappa shape index (κ2) is 3.68. The number of benzene rings is 1. The third-order valence-electron chi connectivity index (χ3n) is 1.99. The summed E-state index contributed by atoms with van der Waals surface area (Å²) in [5.74, 6) is 0.277. The number of rotatable bonds is 3. The van der Waals surface area contributed by atoms with Crippen molar-refractivity contribution in [3.05, 3.63) is 17.7 Å². The fourth-order valence-electron chi connectivity index (χ4n) is 1.36. The number of fused-ring (bicyclic) bond motifs is 1. The van der Waals surface area contributed by atoms with Crippen LogP contribution in [0.4, 0.5) is 0 Å². The first-order valence-electron chi connectivity index (χ1n) is 4.52. The molecule has 1 aliphatic heterocycles. The van der Waals surface area contributed by atoms with E-state index in [0.29, 0.717) is 23.9 Å². The highest BCUT2D eigenvalue weighted by Gasteiger charge is 2.22. The maximum Gasteiger partial charge on any atom is 0.335 e. The summed E-state index contributed by atoms with van der Waals surface area (Å²) < 4.78 is 15.6. The van der Waals surface area contributed by atoms with E-state index in [0.717, 1.165) is 0 Å². The molecule has 2 rings (SSSR count). The molecule has 0 atom stereocenters. The largest absolute Gasteiger partial charge is 0.490 e. The van der Waals surface area contributed by atoms with Crippen molar-refractivity contribution in [2.75, 3.05) is 13.4 Å². The lowest BCUT2D eigenvalue weighted by Crippen LogP contribution is -1.99. The first kappa shape index (κ1) is 9.64. The highest BCUT2D eigenvalue weighted by molar-refractivity contribution is 5.89. The highest BCUT2D eigenvalue weighted by atomic mass is 16.7. The number of hydrogen-bond acceptors (Lipinski definition) is 4. The lowest BCUT2D eigenvalue weighted by atomic mass is 10.2. The molecule has 0 radical (unpaired) electrons. The summed E-state index contributed by atoms with van der Waals surface area (Å²) in [5.41, 5.74) is 0.128. The van der Waals surface area contributed by atoms with Gasteiger partial charge in [0, 0.05) is 0 Å². The van der Waals surface area contributed by atoms with Crippen molar-refractivity contribution < 1.29 is 24.1 Å². The zero-order valence-corrected chi connectivity index (χ0v) is 8.15. The molecule has 1 N–H and O–H groups in total. The van der Waals surface area contributed by atoms with Crippen molar-refractivity contribution in [2.24, 2.45) is 0 Å². The molecule has 5 nitrogen and oxygen atoms in total. The average Bonchev–Trinajstić information content (AvgIpc) is 2.65. The van der Waals surface area contributed by atoms with Crippen LogP contribution in [-0.4, -0.2) is 24.5 Å². The van der Waals surface area contributed by atoms with Gasteiger partial charge in [0.25, 0.3) is 0 Å². The molecular formula is C10H10O5. The van der Waals surface area contributed by atoms with E-state index in [9.17, 15) is 4.79 Å². The second-order valence-corrected chi connectivity index (χ2v) is 2.95. The van der Waals surface area contributed by atoms with Gasteiger partial charge in [0.2, 0.25) is 12.5 Å². The molecule has 1 aliphatic rings. The Labute approximate surface area is 86.2 Å². The summed E-state index contributed by atoms with van der Waals surface area (Å²) in [6, 6.07) is 2.85. The molecule has 0 amide bonds. The Bertz CT molecular complexity index is 399. The number of carboxylic acids is 1. The van der Waals surface area contributed by atoms with Crippen LogP contribution in [-0.2, 0) is 0 Å². The van der Waals surface area contributed by atoms with Gasteiger partial charge in [-0.2, -0.15) is 0 Å². The minimum absolute atomic E-state index is 0.0957. The van der Waals surface area contributed by atoms with Gasteiger partial charge in [-0.05, 0) is 19.1 Å². The van der Waals surface area contributed by atoms with E-state index in [1.54, 1.807) is 0 Å². The van der Waals surface area contributed by atoms with Crippen molar-refractivity contribution in [2.45, 2.75) is 6.92 Å². The van der Waals surface area contributed by atoms with Crippen LogP contribution in [0.15, 0.2) is 12.1 Å². The minimum atomic E-state index is -1.02. The SMILES string of the molecule is CCOc1cc(C(=O)O)cc2c1OCO2. The first-order valence-corrected chi connectivity index (χ1v) is 4.52. The van der Waals surface area contributed by atoms with Crippen molar-refractivity contribution in [3.8, 4) is 17.2 Å². The summed E-state index contributed by atoms with van der Waals surface area (Å²) in [5, 5.41) is 8.86. The maximum absolute atomic E-state index is 10.8. The van der Waals surface area contributed by atoms with Gasteiger partial charge in [-0.15, -0.1) is 0 Å². The molecule has 1 aromatic rings. The van der Waals surface area contributed by atoms with Gasteiger partial charge in [-0.1, -0.05) is 0 Å². The highest BCUT2D eigenvalue weighted by Crippen LogP contribution is 2.41. The van der Waals surface area contributed by atoms with Crippen LogP contribution in [0.25, 0.3) is 0 Å². The van der Waals surface area contributed by atoms with Gasteiger partial charge in [-0.25, -0.2) is 4.79 Å².